The average molecular weight is 495 g/mol. The number of H-pyrrole nitrogens is 1. The van der Waals surface area contributed by atoms with Crippen LogP contribution in [0.5, 0.6) is 0 Å². The third-order valence-electron chi connectivity index (χ3n) is 6.11. The number of hydrogen-bond donors (Lipinski definition) is 4. The Morgan fingerprint density at radius 1 is 1.12 bits per heavy atom. The van der Waals surface area contributed by atoms with E-state index < -0.39 is 0 Å². The van der Waals surface area contributed by atoms with Gasteiger partial charge >= 0.3 is 0 Å². The summed E-state index contributed by atoms with van der Waals surface area (Å²) in [6.07, 6.45) is 6.19. The van der Waals surface area contributed by atoms with Gasteiger partial charge in [0.15, 0.2) is 0 Å². The Bertz CT molecular complexity index is 1050. The maximum Gasteiger partial charge on any atom is 0.268 e. The van der Waals surface area contributed by atoms with Crippen LogP contribution in [0.2, 0.25) is 0 Å². The number of aromatic amines is 1. The fourth-order valence-electron chi connectivity index (χ4n) is 4.08. The van der Waals surface area contributed by atoms with E-state index in [4.69, 9.17) is 11.5 Å². The summed E-state index contributed by atoms with van der Waals surface area (Å²) in [5, 5.41) is 4.06. The van der Waals surface area contributed by atoms with Gasteiger partial charge in [0.1, 0.15) is 11.5 Å². The quantitative estimate of drug-likeness (QED) is 0.320. The highest BCUT2D eigenvalue weighted by molar-refractivity contribution is 6.02. The van der Waals surface area contributed by atoms with Gasteiger partial charge in [-0.2, -0.15) is 0 Å². The number of benzene rings is 2. The monoisotopic (exact) mass is 494 g/mol. The fourth-order valence-corrected chi connectivity index (χ4v) is 4.08. The van der Waals surface area contributed by atoms with Crippen LogP contribution < -0.4 is 16.8 Å². The molecule has 1 fully saturated rings. The Hall–Kier alpha value is -2.12. The lowest BCUT2D eigenvalue weighted by molar-refractivity contribution is 0.0945. The zero-order valence-corrected chi connectivity index (χ0v) is 20.2. The molecule has 2 aromatic carbocycles. The van der Waals surface area contributed by atoms with E-state index in [0.717, 1.165) is 59.2 Å². The topological polar surface area (TPSA) is 96.9 Å². The molecular weight excluding hydrogens is 462 g/mol. The Morgan fingerprint density at radius 2 is 1.82 bits per heavy atom. The number of carbonyl (C=O) groups excluding carboxylic acids is 1. The summed E-state index contributed by atoms with van der Waals surface area (Å²) in [6, 6.07) is 12.5. The summed E-state index contributed by atoms with van der Waals surface area (Å²) < 4.78 is 13.3. The summed E-state index contributed by atoms with van der Waals surface area (Å²) in [6.45, 7) is 1.03. The van der Waals surface area contributed by atoms with Crippen molar-refractivity contribution in [3.05, 3.63) is 59.5 Å². The van der Waals surface area contributed by atoms with Crippen molar-refractivity contribution in [3.63, 3.8) is 0 Å². The summed E-state index contributed by atoms with van der Waals surface area (Å²) >= 11 is 0. The van der Waals surface area contributed by atoms with Crippen LogP contribution in [0.3, 0.4) is 0 Å². The van der Waals surface area contributed by atoms with Crippen LogP contribution in [0, 0.1) is 11.7 Å². The summed E-state index contributed by atoms with van der Waals surface area (Å²) in [5.41, 5.74) is 16.2. The van der Waals surface area contributed by atoms with Gasteiger partial charge in [-0.15, -0.1) is 24.8 Å². The van der Waals surface area contributed by atoms with Crippen LogP contribution in [-0.2, 0) is 6.42 Å². The molecule has 0 aliphatic heterocycles. The minimum absolute atomic E-state index is 0. The van der Waals surface area contributed by atoms with Gasteiger partial charge in [0.05, 0.1) is 0 Å². The molecule has 3 aromatic rings. The van der Waals surface area contributed by atoms with E-state index in [1.54, 1.807) is 12.1 Å². The van der Waals surface area contributed by atoms with Crippen molar-refractivity contribution in [2.75, 3.05) is 13.1 Å². The molecule has 1 atom stereocenters. The van der Waals surface area contributed by atoms with Crippen molar-refractivity contribution in [1.82, 2.24) is 10.3 Å². The maximum atomic E-state index is 13.3. The fraction of sp³-hybridized carbons (Fsp3) is 0.400. The molecule has 1 heterocycles. The first kappa shape index (κ1) is 27.1. The highest BCUT2D eigenvalue weighted by Gasteiger charge is 2.24. The molecule has 1 aliphatic carbocycles. The van der Waals surface area contributed by atoms with Gasteiger partial charge in [-0.3, -0.25) is 4.79 Å². The van der Waals surface area contributed by atoms with Gasteiger partial charge in [-0.05, 0) is 73.0 Å². The lowest BCUT2D eigenvalue weighted by atomic mass is 10.00. The molecule has 0 bridgehead atoms. The van der Waals surface area contributed by atoms with Crippen molar-refractivity contribution < 1.29 is 9.18 Å². The molecule has 6 N–H and O–H groups in total. The number of halogens is 3. The van der Waals surface area contributed by atoms with Crippen LogP contribution in [0.15, 0.2) is 42.5 Å². The molecule has 0 spiro atoms. The predicted molar refractivity (Wildman–Crippen MR) is 138 cm³/mol. The van der Waals surface area contributed by atoms with E-state index in [0.29, 0.717) is 18.8 Å². The number of hydrogen-bond acceptors (Lipinski definition) is 3. The highest BCUT2D eigenvalue weighted by atomic mass is 35.5. The van der Waals surface area contributed by atoms with Crippen molar-refractivity contribution in [2.24, 2.45) is 17.4 Å². The first-order valence-electron chi connectivity index (χ1n) is 11.2. The van der Waals surface area contributed by atoms with Crippen LogP contribution in [0.4, 0.5) is 4.39 Å². The number of nitrogens with two attached hydrogens (primary N) is 2. The first-order chi connectivity index (χ1) is 15.0. The lowest BCUT2D eigenvalue weighted by Gasteiger charge is -2.12. The van der Waals surface area contributed by atoms with Gasteiger partial charge in [0, 0.05) is 23.5 Å². The van der Waals surface area contributed by atoms with Gasteiger partial charge in [0.2, 0.25) is 0 Å². The number of amides is 1. The second kappa shape index (κ2) is 12.4. The SMILES string of the molecule is Cl.Cl.NCCCC(N)CNC(=O)c1[nH]c2cc(-c3ccc(F)cc3)ccc2c1CCC1CC1. The molecule has 0 radical (unpaired) electrons. The molecule has 1 aliphatic rings. The number of rotatable bonds is 10. The average Bonchev–Trinajstić information content (AvgIpc) is 3.54. The number of aromatic nitrogens is 1. The Morgan fingerprint density at radius 3 is 2.48 bits per heavy atom. The van der Waals surface area contributed by atoms with Crippen molar-refractivity contribution in [3.8, 4) is 11.1 Å². The second-order valence-corrected chi connectivity index (χ2v) is 8.63. The summed E-state index contributed by atoms with van der Waals surface area (Å²) in [7, 11) is 0. The third-order valence-corrected chi connectivity index (χ3v) is 6.11. The standard InChI is InChI=1S/C25H31FN4O.2ClH/c26-19-9-6-17(7-10-19)18-8-12-21-22(11-5-16-3-4-16)24(30-23(21)14-18)25(31)29-15-20(28)2-1-13-27;;/h6-10,12,14,16,20,30H,1-5,11,13,15,27-28H2,(H,29,31);2*1H. The van der Waals surface area contributed by atoms with Crippen LogP contribution in [0.1, 0.15) is 48.2 Å². The Labute approximate surface area is 206 Å². The minimum atomic E-state index is -0.254. The third kappa shape index (κ3) is 6.93. The molecule has 5 nitrogen and oxygen atoms in total. The van der Waals surface area contributed by atoms with Gasteiger partial charge in [0.25, 0.3) is 5.91 Å². The highest BCUT2D eigenvalue weighted by Crippen LogP contribution is 2.36. The van der Waals surface area contributed by atoms with E-state index in [1.807, 2.05) is 12.1 Å². The maximum absolute atomic E-state index is 13.3. The van der Waals surface area contributed by atoms with Gasteiger partial charge in [-0.1, -0.05) is 37.1 Å². The van der Waals surface area contributed by atoms with E-state index in [2.05, 4.69) is 16.4 Å². The zero-order chi connectivity index (χ0) is 21.8. The lowest BCUT2D eigenvalue weighted by Crippen LogP contribution is -2.37. The number of aryl methyl sites for hydroxylation is 1. The molecule has 1 unspecified atom stereocenters. The van der Waals surface area contributed by atoms with Crippen LogP contribution >= 0.6 is 24.8 Å². The smallest absolute Gasteiger partial charge is 0.268 e. The van der Waals surface area contributed by atoms with E-state index >= 15 is 0 Å². The molecule has 4 rings (SSSR count). The van der Waals surface area contributed by atoms with Crippen molar-refractivity contribution >= 4 is 41.6 Å². The van der Waals surface area contributed by atoms with Crippen molar-refractivity contribution in [2.45, 2.75) is 44.6 Å². The molecule has 1 aromatic heterocycles. The summed E-state index contributed by atoms with van der Waals surface area (Å²) in [4.78, 5) is 16.4. The zero-order valence-electron chi connectivity index (χ0n) is 18.6. The molecule has 0 saturated heterocycles. The van der Waals surface area contributed by atoms with Crippen LogP contribution in [0.25, 0.3) is 22.0 Å². The molecule has 8 heteroatoms. The van der Waals surface area contributed by atoms with E-state index in [-0.39, 0.29) is 42.6 Å². The first-order valence-corrected chi connectivity index (χ1v) is 11.2. The largest absolute Gasteiger partial charge is 0.350 e. The minimum Gasteiger partial charge on any atom is -0.350 e. The molecule has 1 amide bonds. The predicted octanol–water partition coefficient (Wildman–Crippen LogP) is 4.96. The van der Waals surface area contributed by atoms with Crippen LogP contribution in [-0.4, -0.2) is 30.0 Å². The molecule has 180 valence electrons. The Kier molecular flexibility index (Phi) is 10.2. The van der Waals surface area contributed by atoms with Gasteiger partial charge in [-0.25, -0.2) is 4.39 Å². The summed E-state index contributed by atoms with van der Waals surface area (Å²) in [5.74, 6) is 0.410. The van der Waals surface area contributed by atoms with Gasteiger partial charge < -0.3 is 21.8 Å². The normalized spacial score (nSPS) is 13.8. The van der Waals surface area contributed by atoms with Crippen molar-refractivity contribution in [1.29, 1.82) is 0 Å². The molecule has 33 heavy (non-hydrogen) atoms. The Balaban J connectivity index is 0.00000193. The molecule has 1 saturated carbocycles. The number of fused-ring (bicyclic) bond motifs is 1. The molecular formula is C25H33Cl2FN4O. The number of carbonyl (C=O) groups is 1. The second-order valence-electron chi connectivity index (χ2n) is 8.63. The van der Waals surface area contributed by atoms with E-state index in [1.165, 1.54) is 25.0 Å². The number of nitrogens with one attached hydrogen (secondary N) is 2. The van der Waals surface area contributed by atoms with E-state index in [9.17, 15) is 9.18 Å².